The Balaban J connectivity index is 2.30. The van der Waals surface area contributed by atoms with Gasteiger partial charge in [0.25, 0.3) is 0 Å². The van der Waals surface area contributed by atoms with Gasteiger partial charge in [-0.25, -0.2) is 0 Å². The van der Waals surface area contributed by atoms with Gasteiger partial charge in [0.1, 0.15) is 5.75 Å². The van der Waals surface area contributed by atoms with Crippen LogP contribution in [0, 0.1) is 0 Å². The lowest BCUT2D eigenvalue weighted by molar-refractivity contribution is -0.132. The zero-order valence-corrected chi connectivity index (χ0v) is 9.79. The molecule has 0 spiro atoms. The van der Waals surface area contributed by atoms with E-state index < -0.39 is 10.8 Å². The van der Waals surface area contributed by atoms with Crippen molar-refractivity contribution in [3.63, 3.8) is 0 Å². The van der Waals surface area contributed by atoms with Gasteiger partial charge >= 0.3 is 0 Å². The van der Waals surface area contributed by atoms with Crippen molar-refractivity contribution in [2.45, 2.75) is 13.0 Å². The highest BCUT2D eigenvalue weighted by molar-refractivity contribution is 7.85. The van der Waals surface area contributed by atoms with E-state index in [0.717, 1.165) is 0 Å². The fourth-order valence-corrected chi connectivity index (χ4v) is 2.56. The van der Waals surface area contributed by atoms with E-state index in [2.05, 4.69) is 0 Å². The van der Waals surface area contributed by atoms with Crippen LogP contribution in [0.1, 0.15) is 6.92 Å². The average molecular weight is 234 g/mol. The highest BCUT2D eigenvalue weighted by atomic mass is 32.2. The van der Waals surface area contributed by atoms with Gasteiger partial charge in [0.2, 0.25) is 5.91 Å². The van der Waals surface area contributed by atoms with Crippen LogP contribution in [0.2, 0.25) is 0 Å². The number of hydrogen-bond acceptors (Lipinski definition) is 4. The summed E-state index contributed by atoms with van der Waals surface area (Å²) in [5, 5.41) is 0. The third-order valence-corrected chi connectivity index (χ3v) is 3.56. The van der Waals surface area contributed by atoms with Crippen LogP contribution in [0.25, 0.3) is 0 Å². The van der Waals surface area contributed by atoms with Gasteiger partial charge in [-0.1, -0.05) is 0 Å². The summed E-state index contributed by atoms with van der Waals surface area (Å²) in [5.41, 5.74) is 5.51. The van der Waals surface area contributed by atoms with Crippen LogP contribution in [-0.4, -0.2) is 58.9 Å². The molecule has 2 unspecified atom stereocenters. The fourth-order valence-electron chi connectivity index (χ4n) is 1.39. The molecule has 1 saturated heterocycles. The Kier molecular flexibility index (Phi) is 5.21. The molecule has 0 aromatic rings. The molecule has 2 N–H and O–H groups in total. The third-order valence-electron chi connectivity index (χ3n) is 2.10. The van der Waals surface area contributed by atoms with Gasteiger partial charge < -0.3 is 15.4 Å². The first-order chi connectivity index (χ1) is 7.09. The second-order valence-electron chi connectivity index (χ2n) is 3.72. The molecule has 5 nitrogen and oxygen atoms in total. The number of hydrogen-bond donors (Lipinski definition) is 1. The molecule has 6 heteroatoms. The maximum atomic E-state index is 11.6. The van der Waals surface area contributed by atoms with E-state index in [4.69, 9.17) is 10.5 Å². The minimum absolute atomic E-state index is 0.0581. The Hall–Kier alpha value is -0.460. The lowest BCUT2D eigenvalue weighted by Crippen LogP contribution is -2.43. The van der Waals surface area contributed by atoms with Crippen molar-refractivity contribution in [2.24, 2.45) is 5.73 Å². The second-order valence-corrected chi connectivity index (χ2v) is 5.22. The Bertz CT molecular complexity index is 240. The Morgan fingerprint density at radius 1 is 1.53 bits per heavy atom. The van der Waals surface area contributed by atoms with Crippen molar-refractivity contribution in [2.75, 3.05) is 37.8 Å². The van der Waals surface area contributed by atoms with Crippen LogP contribution >= 0.6 is 0 Å². The van der Waals surface area contributed by atoms with E-state index >= 15 is 0 Å². The molecular formula is C9H18N2O3S. The Labute approximate surface area is 92.4 Å². The molecule has 0 aliphatic carbocycles. The molecule has 0 saturated carbocycles. The standard InChI is InChI=1S/C9H18N2O3S/c1-8(10)6-15(13)7-9(12)11-2-4-14-5-3-11/h8H,2-7,10H2,1H3. The second kappa shape index (κ2) is 6.19. The molecule has 2 atom stereocenters. The Morgan fingerprint density at radius 3 is 2.67 bits per heavy atom. The van der Waals surface area contributed by atoms with E-state index in [1.165, 1.54) is 0 Å². The summed E-state index contributed by atoms with van der Waals surface area (Å²) in [6, 6.07) is -0.122. The van der Waals surface area contributed by atoms with E-state index in [1.54, 1.807) is 11.8 Å². The first-order valence-electron chi connectivity index (χ1n) is 5.05. The molecule has 0 aromatic carbocycles. The van der Waals surface area contributed by atoms with Crippen LogP contribution in [0.3, 0.4) is 0 Å². The number of nitrogens with two attached hydrogens (primary N) is 1. The van der Waals surface area contributed by atoms with E-state index in [1.807, 2.05) is 0 Å². The predicted molar refractivity (Wildman–Crippen MR) is 58.9 cm³/mol. The molecule has 1 aliphatic heterocycles. The summed E-state index contributed by atoms with van der Waals surface area (Å²) in [5.74, 6) is 0.412. The van der Waals surface area contributed by atoms with E-state index in [9.17, 15) is 9.00 Å². The molecule has 1 fully saturated rings. The maximum absolute atomic E-state index is 11.6. The average Bonchev–Trinajstić information content (AvgIpc) is 2.17. The number of ether oxygens (including phenoxy) is 1. The molecule has 15 heavy (non-hydrogen) atoms. The summed E-state index contributed by atoms with van der Waals surface area (Å²) in [6.07, 6.45) is 0. The monoisotopic (exact) mass is 234 g/mol. The van der Waals surface area contributed by atoms with Gasteiger partial charge in [0.15, 0.2) is 0 Å². The SMILES string of the molecule is CC(N)CS(=O)CC(=O)N1CCOCC1. The molecule has 1 heterocycles. The highest BCUT2D eigenvalue weighted by Gasteiger charge is 2.19. The molecule has 0 aromatic heterocycles. The summed E-state index contributed by atoms with van der Waals surface area (Å²) in [4.78, 5) is 13.3. The number of morpholine rings is 1. The number of amides is 1. The normalized spacial score (nSPS) is 21.1. The highest BCUT2D eigenvalue weighted by Crippen LogP contribution is 1.99. The summed E-state index contributed by atoms with van der Waals surface area (Å²) >= 11 is 0. The fraction of sp³-hybridized carbons (Fsp3) is 0.889. The first-order valence-corrected chi connectivity index (χ1v) is 6.54. The van der Waals surface area contributed by atoms with Gasteiger partial charge in [0.05, 0.1) is 13.2 Å². The van der Waals surface area contributed by atoms with Gasteiger partial charge in [-0.15, -0.1) is 0 Å². The molecule has 0 bridgehead atoms. The Morgan fingerprint density at radius 2 is 2.13 bits per heavy atom. The summed E-state index contributed by atoms with van der Waals surface area (Å²) in [6.45, 7) is 4.15. The lowest BCUT2D eigenvalue weighted by atomic mass is 10.4. The van der Waals surface area contributed by atoms with Crippen molar-refractivity contribution < 1.29 is 13.7 Å². The molecule has 1 aliphatic rings. The van der Waals surface area contributed by atoms with Gasteiger partial charge in [0, 0.05) is 35.7 Å². The largest absolute Gasteiger partial charge is 0.378 e. The van der Waals surface area contributed by atoms with Crippen molar-refractivity contribution >= 4 is 16.7 Å². The third kappa shape index (κ3) is 4.72. The van der Waals surface area contributed by atoms with Crippen LogP contribution in [0.15, 0.2) is 0 Å². The molecule has 0 radical (unpaired) electrons. The molecular weight excluding hydrogens is 216 g/mol. The number of carbonyl (C=O) groups is 1. The summed E-state index contributed by atoms with van der Waals surface area (Å²) < 4.78 is 16.6. The zero-order valence-electron chi connectivity index (χ0n) is 8.98. The van der Waals surface area contributed by atoms with Gasteiger partial charge in [-0.3, -0.25) is 9.00 Å². The quantitative estimate of drug-likeness (QED) is 0.673. The van der Waals surface area contributed by atoms with Gasteiger partial charge in [-0.05, 0) is 6.92 Å². The van der Waals surface area contributed by atoms with Crippen LogP contribution in [0.5, 0.6) is 0 Å². The number of nitrogens with zero attached hydrogens (tertiary/aromatic N) is 1. The van der Waals surface area contributed by atoms with E-state index in [0.29, 0.717) is 32.1 Å². The van der Waals surface area contributed by atoms with Crippen molar-refractivity contribution in [1.82, 2.24) is 4.90 Å². The van der Waals surface area contributed by atoms with Gasteiger partial charge in [-0.2, -0.15) is 0 Å². The minimum atomic E-state index is -1.14. The van der Waals surface area contributed by atoms with Crippen molar-refractivity contribution in [1.29, 1.82) is 0 Å². The molecule has 1 rings (SSSR count). The van der Waals surface area contributed by atoms with Crippen molar-refractivity contribution in [3.8, 4) is 0 Å². The number of rotatable bonds is 4. The lowest BCUT2D eigenvalue weighted by Gasteiger charge is -2.26. The summed E-state index contributed by atoms with van der Waals surface area (Å²) in [7, 11) is -1.14. The van der Waals surface area contributed by atoms with Crippen molar-refractivity contribution in [3.05, 3.63) is 0 Å². The maximum Gasteiger partial charge on any atom is 0.235 e. The van der Waals surface area contributed by atoms with Crippen LogP contribution < -0.4 is 5.73 Å². The van der Waals surface area contributed by atoms with Crippen LogP contribution in [0.4, 0.5) is 0 Å². The topological polar surface area (TPSA) is 72.6 Å². The zero-order chi connectivity index (χ0) is 11.3. The predicted octanol–water partition coefficient (Wildman–Crippen LogP) is -1.06. The first kappa shape index (κ1) is 12.6. The van der Waals surface area contributed by atoms with E-state index in [-0.39, 0.29) is 17.7 Å². The number of carbonyl (C=O) groups excluding carboxylic acids is 1. The minimum Gasteiger partial charge on any atom is -0.378 e. The molecule has 88 valence electrons. The smallest absolute Gasteiger partial charge is 0.235 e. The molecule has 1 amide bonds. The van der Waals surface area contributed by atoms with Crippen LogP contribution in [-0.2, 0) is 20.3 Å².